The van der Waals surface area contributed by atoms with Gasteiger partial charge in [0, 0.05) is 45.6 Å². The van der Waals surface area contributed by atoms with Gasteiger partial charge in [0.05, 0.1) is 11.4 Å². The normalized spacial score (nSPS) is 12.9. The lowest BCUT2D eigenvalue weighted by Gasteiger charge is -2.24. The molecule has 2 aliphatic rings. The van der Waals surface area contributed by atoms with Crippen LogP contribution in [-0.2, 0) is 5.41 Å². The second-order valence-electron chi connectivity index (χ2n) is 15.6. The van der Waals surface area contributed by atoms with Crippen molar-refractivity contribution in [2.24, 2.45) is 0 Å². The number of nitrogens with zero attached hydrogens (tertiary/aromatic N) is 3. The Morgan fingerprint density at radius 3 is 1.67 bits per heavy atom. The molecule has 0 saturated heterocycles. The molecule has 7 aromatic carbocycles. The van der Waals surface area contributed by atoms with Crippen LogP contribution in [0.1, 0.15) is 25.0 Å². The number of hydrogen-bond donors (Lipinski definition) is 0. The van der Waals surface area contributed by atoms with E-state index < -0.39 is 0 Å². The monoisotopic (exact) mass is 743 g/mol. The third kappa shape index (κ3) is 5.48. The lowest BCUT2D eigenvalue weighted by Crippen LogP contribution is -2.15. The van der Waals surface area contributed by atoms with Gasteiger partial charge in [0.1, 0.15) is 11.5 Å². The molecule has 0 atom stereocenters. The fraction of sp³-hybridized carbons (Fsp3) is 0.0556. The van der Waals surface area contributed by atoms with Crippen LogP contribution in [0.2, 0.25) is 0 Å². The minimum absolute atomic E-state index is 0.211. The van der Waals surface area contributed by atoms with Gasteiger partial charge >= 0.3 is 0 Å². The van der Waals surface area contributed by atoms with E-state index in [4.69, 9.17) is 14.7 Å². The maximum Gasteiger partial charge on any atom is 0.161 e. The molecule has 0 bridgehead atoms. The molecule has 274 valence electrons. The van der Waals surface area contributed by atoms with Crippen LogP contribution in [0.15, 0.2) is 188 Å². The van der Waals surface area contributed by atoms with Crippen LogP contribution in [0, 0.1) is 0 Å². The van der Waals surface area contributed by atoms with Crippen LogP contribution in [0.4, 0.5) is 0 Å². The number of aromatic nitrogens is 3. The topological polar surface area (TPSA) is 47.9 Å². The van der Waals surface area contributed by atoms with Crippen molar-refractivity contribution < 1.29 is 4.74 Å². The van der Waals surface area contributed by atoms with Crippen LogP contribution in [0.5, 0.6) is 11.5 Å². The second kappa shape index (κ2) is 13.4. The zero-order valence-electron chi connectivity index (χ0n) is 32.1. The molecule has 0 saturated carbocycles. The fourth-order valence-electron chi connectivity index (χ4n) is 8.96. The van der Waals surface area contributed by atoms with E-state index in [2.05, 4.69) is 164 Å². The first-order valence-corrected chi connectivity index (χ1v) is 19.8. The molecule has 2 aromatic heterocycles. The first-order chi connectivity index (χ1) is 28.5. The first kappa shape index (κ1) is 33.9. The maximum atomic E-state index is 7.27. The van der Waals surface area contributed by atoms with Crippen LogP contribution in [-0.4, -0.2) is 15.0 Å². The van der Waals surface area contributed by atoms with Crippen molar-refractivity contribution in [1.29, 1.82) is 0 Å². The molecule has 1 aliphatic carbocycles. The second-order valence-corrected chi connectivity index (χ2v) is 15.6. The van der Waals surface area contributed by atoms with Gasteiger partial charge in [-0.3, -0.25) is 4.98 Å². The van der Waals surface area contributed by atoms with Gasteiger partial charge in [0.2, 0.25) is 0 Å². The number of fused-ring (bicyclic) bond motifs is 12. The molecule has 0 radical (unpaired) electrons. The predicted octanol–water partition coefficient (Wildman–Crippen LogP) is 14.0. The van der Waals surface area contributed by atoms with Crippen LogP contribution in [0.25, 0.3) is 89.5 Å². The molecule has 3 heterocycles. The Bertz CT molecular complexity index is 3000. The lowest BCUT2D eigenvalue weighted by atomic mass is 9.81. The van der Waals surface area contributed by atoms with Gasteiger partial charge in [-0.1, -0.05) is 147 Å². The van der Waals surface area contributed by atoms with Crippen LogP contribution in [0.3, 0.4) is 0 Å². The number of hydrogen-bond acceptors (Lipinski definition) is 4. The molecule has 58 heavy (non-hydrogen) atoms. The van der Waals surface area contributed by atoms with Gasteiger partial charge in [0.15, 0.2) is 5.82 Å². The van der Waals surface area contributed by atoms with E-state index in [-0.39, 0.29) is 5.41 Å². The standard InChI is InChI=1S/C54H37N3O/c1-54(2)47-24-12-10-22-42(47)45-30-46-44-29-35(50-32-49(34-15-4-3-5-16-34)56-53(57-50)36-17-14-28-55-33-36)26-27-41(44)39-20-7-6-18-37(39)38-19-8-9-21-40(38)43-23-11-13-25-51(43)58-52(46)31-48(45)54/h3-33H,1-2H3. The van der Waals surface area contributed by atoms with Crippen molar-refractivity contribution >= 4 is 0 Å². The zero-order chi connectivity index (χ0) is 38.8. The van der Waals surface area contributed by atoms with Gasteiger partial charge in [-0.25, -0.2) is 9.97 Å². The van der Waals surface area contributed by atoms with Crippen molar-refractivity contribution in [1.82, 2.24) is 15.0 Å². The molecule has 0 spiro atoms. The van der Waals surface area contributed by atoms with Crippen molar-refractivity contribution in [3.8, 4) is 101 Å². The number of pyridine rings is 1. The highest BCUT2D eigenvalue weighted by molar-refractivity contribution is 6.00. The van der Waals surface area contributed by atoms with Gasteiger partial charge in [0.25, 0.3) is 0 Å². The fourth-order valence-corrected chi connectivity index (χ4v) is 8.96. The van der Waals surface area contributed by atoms with Gasteiger partial charge < -0.3 is 4.74 Å². The highest BCUT2D eigenvalue weighted by Gasteiger charge is 2.37. The highest BCUT2D eigenvalue weighted by Crippen LogP contribution is 2.55. The molecule has 0 N–H and O–H groups in total. The Labute approximate surface area is 338 Å². The summed E-state index contributed by atoms with van der Waals surface area (Å²) in [5.74, 6) is 2.25. The van der Waals surface area contributed by atoms with Crippen molar-refractivity contribution in [3.63, 3.8) is 0 Å². The lowest BCUT2D eigenvalue weighted by molar-refractivity contribution is 0.484. The van der Waals surface area contributed by atoms with E-state index in [1.54, 1.807) is 6.20 Å². The SMILES string of the molecule is CC1(C)c2ccccc2-c2cc3c(cc21)Oc1ccccc1-c1ccccc1-c1ccccc1-c1ccc(-c2cc(-c4ccccc4)nc(-c4cccnc4)n2)cc1-3. The summed E-state index contributed by atoms with van der Waals surface area (Å²) < 4.78 is 7.27. The molecule has 4 nitrogen and oxygen atoms in total. The third-order valence-electron chi connectivity index (χ3n) is 11.8. The molecule has 4 heteroatoms. The highest BCUT2D eigenvalue weighted by atomic mass is 16.5. The Balaban J connectivity index is 1.23. The Kier molecular flexibility index (Phi) is 7.80. The van der Waals surface area contributed by atoms with E-state index in [0.29, 0.717) is 5.82 Å². The molecule has 0 amide bonds. The Hall–Kier alpha value is -7.43. The van der Waals surface area contributed by atoms with E-state index >= 15 is 0 Å². The summed E-state index contributed by atoms with van der Waals surface area (Å²) in [6, 6.07) is 62.4. The number of ether oxygens (including phenoxy) is 1. The zero-order valence-corrected chi connectivity index (χ0v) is 32.1. The minimum atomic E-state index is -0.211. The van der Waals surface area contributed by atoms with Gasteiger partial charge in [-0.2, -0.15) is 0 Å². The largest absolute Gasteiger partial charge is 0.456 e. The summed E-state index contributed by atoms with van der Waals surface area (Å²) in [6.45, 7) is 4.64. The average Bonchev–Trinajstić information content (AvgIpc) is 3.50. The number of benzene rings is 7. The van der Waals surface area contributed by atoms with Crippen molar-refractivity contribution in [3.05, 3.63) is 199 Å². The molecule has 0 fully saturated rings. The molecule has 9 aromatic rings. The predicted molar refractivity (Wildman–Crippen MR) is 236 cm³/mol. The molecule has 1 aliphatic heterocycles. The summed E-state index contributed by atoms with van der Waals surface area (Å²) in [4.78, 5) is 14.7. The van der Waals surface area contributed by atoms with Gasteiger partial charge in [-0.05, 0) is 98.1 Å². The van der Waals surface area contributed by atoms with Gasteiger partial charge in [-0.15, -0.1) is 0 Å². The van der Waals surface area contributed by atoms with E-state index in [9.17, 15) is 0 Å². The number of rotatable bonds is 3. The molecular formula is C54H37N3O. The summed E-state index contributed by atoms with van der Waals surface area (Å²) >= 11 is 0. The Morgan fingerprint density at radius 2 is 0.966 bits per heavy atom. The summed E-state index contributed by atoms with van der Waals surface area (Å²) in [5, 5.41) is 0. The number of para-hydroxylation sites is 1. The molecular weight excluding hydrogens is 707 g/mol. The minimum Gasteiger partial charge on any atom is -0.456 e. The van der Waals surface area contributed by atoms with Crippen molar-refractivity contribution in [2.75, 3.05) is 0 Å². The smallest absolute Gasteiger partial charge is 0.161 e. The quantitative estimate of drug-likeness (QED) is 0.181. The Morgan fingerprint density at radius 1 is 0.379 bits per heavy atom. The summed E-state index contributed by atoms with van der Waals surface area (Å²) in [5.41, 5.74) is 18.2. The maximum absolute atomic E-state index is 7.27. The summed E-state index contributed by atoms with van der Waals surface area (Å²) in [6.07, 6.45) is 3.60. The third-order valence-corrected chi connectivity index (χ3v) is 11.8. The molecule has 0 unspecified atom stereocenters. The molecule has 11 rings (SSSR count). The van der Waals surface area contributed by atoms with E-state index in [1.807, 2.05) is 36.5 Å². The first-order valence-electron chi connectivity index (χ1n) is 19.8. The van der Waals surface area contributed by atoms with Crippen LogP contribution >= 0.6 is 0 Å². The average molecular weight is 744 g/mol. The summed E-state index contributed by atoms with van der Waals surface area (Å²) in [7, 11) is 0. The van der Waals surface area contributed by atoms with Crippen LogP contribution < -0.4 is 4.74 Å². The van der Waals surface area contributed by atoms with E-state index in [1.165, 1.54) is 22.3 Å². The van der Waals surface area contributed by atoms with E-state index in [0.717, 1.165) is 84.1 Å². The van der Waals surface area contributed by atoms with Crippen molar-refractivity contribution in [2.45, 2.75) is 19.3 Å².